The molecule has 2 N–H and O–H groups in total. The van der Waals surface area contributed by atoms with Crippen molar-refractivity contribution in [3.63, 3.8) is 0 Å². The molecule has 1 aliphatic rings. The molecule has 22 heavy (non-hydrogen) atoms. The average Bonchev–Trinajstić information content (AvgIpc) is 3.00. The molecule has 0 saturated carbocycles. The maximum atomic E-state index is 5.61. The second-order valence-electron chi connectivity index (χ2n) is 6.35. The van der Waals surface area contributed by atoms with Gasteiger partial charge in [0.2, 0.25) is 0 Å². The van der Waals surface area contributed by atoms with E-state index in [9.17, 15) is 0 Å². The molecule has 1 saturated heterocycles. The normalized spacial score (nSPS) is 18.9. The molecule has 0 spiro atoms. The van der Waals surface area contributed by atoms with Crippen LogP contribution in [0.4, 0.5) is 0 Å². The van der Waals surface area contributed by atoms with Crippen LogP contribution in [-0.4, -0.2) is 63.8 Å². The van der Waals surface area contributed by atoms with Crippen molar-refractivity contribution < 1.29 is 4.74 Å². The van der Waals surface area contributed by atoms with Gasteiger partial charge in [0, 0.05) is 19.7 Å². The van der Waals surface area contributed by atoms with Crippen LogP contribution in [0.2, 0.25) is 0 Å². The van der Waals surface area contributed by atoms with Crippen molar-refractivity contribution in [2.45, 2.75) is 58.0 Å². The third kappa shape index (κ3) is 10.0. The number of guanidine groups is 1. The van der Waals surface area contributed by atoms with E-state index in [1.807, 2.05) is 0 Å². The Bertz CT molecular complexity index is 288. The molecule has 0 aromatic rings. The number of hydrogen-bond acceptors (Lipinski definition) is 3. The molecular weight excluding hydrogens is 276 g/mol. The second-order valence-corrected chi connectivity index (χ2v) is 6.35. The van der Waals surface area contributed by atoms with Crippen LogP contribution in [-0.2, 0) is 4.74 Å². The highest BCUT2D eigenvalue weighted by atomic mass is 16.5. The zero-order chi connectivity index (χ0) is 16.0. The van der Waals surface area contributed by atoms with Gasteiger partial charge in [-0.05, 0) is 53.2 Å². The minimum Gasteiger partial charge on any atom is -0.376 e. The molecule has 0 amide bonds. The summed E-state index contributed by atoms with van der Waals surface area (Å²) >= 11 is 0. The minimum absolute atomic E-state index is 0.326. The van der Waals surface area contributed by atoms with Gasteiger partial charge in [-0.15, -0.1) is 0 Å². The summed E-state index contributed by atoms with van der Waals surface area (Å²) in [6, 6.07) is 0. The molecule has 0 aromatic carbocycles. The van der Waals surface area contributed by atoms with Crippen LogP contribution >= 0.6 is 0 Å². The Hall–Kier alpha value is -0.810. The largest absolute Gasteiger partial charge is 0.376 e. The van der Waals surface area contributed by atoms with E-state index in [1.54, 1.807) is 0 Å². The molecule has 1 heterocycles. The number of aliphatic imine (C=N–C) groups is 1. The van der Waals surface area contributed by atoms with E-state index in [-0.39, 0.29) is 0 Å². The Labute approximate surface area is 136 Å². The van der Waals surface area contributed by atoms with Gasteiger partial charge in [-0.2, -0.15) is 0 Å². The number of unbranched alkanes of at least 4 members (excludes halogenated alkanes) is 4. The SMILES string of the molecule is CCNC(=NCC1CCCO1)NCCCCCCCN(C)C. The molecule has 0 radical (unpaired) electrons. The van der Waals surface area contributed by atoms with E-state index in [4.69, 9.17) is 4.74 Å². The Balaban J connectivity index is 2.04. The maximum Gasteiger partial charge on any atom is 0.191 e. The lowest BCUT2D eigenvalue weighted by atomic mass is 10.1. The Kier molecular flexibility index (Phi) is 11.1. The highest BCUT2D eigenvalue weighted by Gasteiger charge is 2.14. The molecule has 1 unspecified atom stereocenters. The number of ether oxygens (including phenoxy) is 1. The Morgan fingerprint density at radius 2 is 1.91 bits per heavy atom. The van der Waals surface area contributed by atoms with Gasteiger partial charge in [0.1, 0.15) is 0 Å². The van der Waals surface area contributed by atoms with Crippen molar-refractivity contribution in [1.29, 1.82) is 0 Å². The lowest BCUT2D eigenvalue weighted by Crippen LogP contribution is -2.38. The Morgan fingerprint density at radius 3 is 2.59 bits per heavy atom. The van der Waals surface area contributed by atoms with Gasteiger partial charge >= 0.3 is 0 Å². The summed E-state index contributed by atoms with van der Waals surface area (Å²) in [5.41, 5.74) is 0. The van der Waals surface area contributed by atoms with Gasteiger partial charge in [-0.25, -0.2) is 0 Å². The van der Waals surface area contributed by atoms with Crippen LogP contribution in [0.15, 0.2) is 4.99 Å². The van der Waals surface area contributed by atoms with Gasteiger partial charge in [0.05, 0.1) is 12.6 Å². The van der Waals surface area contributed by atoms with Crippen molar-refractivity contribution >= 4 is 5.96 Å². The molecule has 1 aliphatic heterocycles. The monoisotopic (exact) mass is 312 g/mol. The predicted octanol–water partition coefficient (Wildman–Crippen LogP) is 2.23. The molecule has 130 valence electrons. The minimum atomic E-state index is 0.326. The second kappa shape index (κ2) is 12.7. The van der Waals surface area contributed by atoms with E-state index < -0.39 is 0 Å². The molecule has 1 rings (SSSR count). The lowest BCUT2D eigenvalue weighted by molar-refractivity contribution is 0.117. The molecular formula is C17H36N4O. The fourth-order valence-electron chi connectivity index (χ4n) is 2.61. The highest BCUT2D eigenvalue weighted by molar-refractivity contribution is 5.79. The molecule has 1 atom stereocenters. The summed E-state index contributed by atoms with van der Waals surface area (Å²) < 4.78 is 5.61. The third-order valence-electron chi connectivity index (χ3n) is 3.90. The number of nitrogens with one attached hydrogen (secondary N) is 2. The first-order valence-corrected chi connectivity index (χ1v) is 9.01. The van der Waals surface area contributed by atoms with Crippen LogP contribution < -0.4 is 10.6 Å². The first-order chi connectivity index (χ1) is 10.7. The maximum absolute atomic E-state index is 5.61. The fourth-order valence-corrected chi connectivity index (χ4v) is 2.61. The summed E-state index contributed by atoms with van der Waals surface area (Å²) in [7, 11) is 4.28. The molecule has 0 aromatic heterocycles. The van der Waals surface area contributed by atoms with Crippen molar-refractivity contribution in [3.8, 4) is 0 Å². The Morgan fingerprint density at radius 1 is 1.14 bits per heavy atom. The van der Waals surface area contributed by atoms with E-state index >= 15 is 0 Å². The first kappa shape index (κ1) is 19.2. The summed E-state index contributed by atoms with van der Waals surface area (Å²) in [4.78, 5) is 6.88. The standard InChI is InChI=1S/C17H36N4O/c1-4-18-17(20-15-16-11-10-14-22-16)19-12-8-6-5-7-9-13-21(2)3/h16H,4-15H2,1-3H3,(H2,18,19,20). The van der Waals surface area contributed by atoms with Crippen molar-refractivity contribution in [2.24, 2.45) is 4.99 Å². The summed E-state index contributed by atoms with van der Waals surface area (Å²) in [6.45, 7) is 6.90. The van der Waals surface area contributed by atoms with Crippen LogP contribution in [0.1, 0.15) is 51.9 Å². The molecule has 1 fully saturated rings. The van der Waals surface area contributed by atoms with Gasteiger partial charge in [0.15, 0.2) is 5.96 Å². The van der Waals surface area contributed by atoms with E-state index in [0.29, 0.717) is 6.10 Å². The van der Waals surface area contributed by atoms with Crippen LogP contribution in [0.5, 0.6) is 0 Å². The third-order valence-corrected chi connectivity index (χ3v) is 3.90. The first-order valence-electron chi connectivity index (χ1n) is 9.01. The number of rotatable bonds is 11. The topological polar surface area (TPSA) is 48.9 Å². The number of hydrogen-bond donors (Lipinski definition) is 2. The molecule has 5 heteroatoms. The van der Waals surface area contributed by atoms with Crippen molar-refractivity contribution in [2.75, 3.05) is 46.9 Å². The van der Waals surface area contributed by atoms with Gasteiger partial charge in [-0.3, -0.25) is 4.99 Å². The highest BCUT2D eigenvalue weighted by Crippen LogP contribution is 2.11. The molecule has 0 bridgehead atoms. The van der Waals surface area contributed by atoms with Gasteiger partial charge in [0.25, 0.3) is 0 Å². The number of nitrogens with zero attached hydrogens (tertiary/aromatic N) is 2. The lowest BCUT2D eigenvalue weighted by Gasteiger charge is -2.13. The van der Waals surface area contributed by atoms with Gasteiger partial charge < -0.3 is 20.3 Å². The summed E-state index contributed by atoms with van der Waals surface area (Å²) in [5, 5.41) is 6.74. The van der Waals surface area contributed by atoms with Crippen molar-refractivity contribution in [1.82, 2.24) is 15.5 Å². The van der Waals surface area contributed by atoms with Crippen LogP contribution in [0, 0.1) is 0 Å². The van der Waals surface area contributed by atoms with E-state index in [1.165, 1.54) is 45.1 Å². The van der Waals surface area contributed by atoms with Crippen LogP contribution in [0.3, 0.4) is 0 Å². The fraction of sp³-hybridized carbons (Fsp3) is 0.941. The van der Waals surface area contributed by atoms with Crippen LogP contribution in [0.25, 0.3) is 0 Å². The zero-order valence-corrected chi connectivity index (χ0v) is 14.9. The smallest absolute Gasteiger partial charge is 0.191 e. The van der Waals surface area contributed by atoms with E-state index in [0.717, 1.165) is 38.6 Å². The quantitative estimate of drug-likeness (QED) is 0.349. The zero-order valence-electron chi connectivity index (χ0n) is 14.9. The van der Waals surface area contributed by atoms with Gasteiger partial charge in [-0.1, -0.05) is 19.3 Å². The predicted molar refractivity (Wildman–Crippen MR) is 94.6 cm³/mol. The van der Waals surface area contributed by atoms with E-state index in [2.05, 4.69) is 41.5 Å². The van der Waals surface area contributed by atoms with Crippen molar-refractivity contribution in [3.05, 3.63) is 0 Å². The summed E-state index contributed by atoms with van der Waals surface area (Å²) in [6.07, 6.45) is 9.15. The average molecular weight is 313 g/mol. The molecule has 0 aliphatic carbocycles. The molecule has 5 nitrogen and oxygen atoms in total. The summed E-state index contributed by atoms with van der Waals surface area (Å²) in [5.74, 6) is 0.936.